The zero-order valence-corrected chi connectivity index (χ0v) is 18.6. The van der Waals surface area contributed by atoms with Crippen LogP contribution in [0.1, 0.15) is 55.6 Å². The van der Waals surface area contributed by atoms with Crippen LogP contribution < -0.4 is 5.32 Å². The number of rotatable bonds is 4. The summed E-state index contributed by atoms with van der Waals surface area (Å²) in [4.78, 5) is 17.4. The fraction of sp³-hybridized carbons (Fsp3) is 0.640. The van der Waals surface area contributed by atoms with Gasteiger partial charge in [-0.3, -0.25) is 4.90 Å². The van der Waals surface area contributed by atoms with Gasteiger partial charge in [-0.15, -0.1) is 0 Å². The first-order chi connectivity index (χ1) is 15.2. The average Bonchev–Trinajstić information content (AvgIpc) is 3.27. The van der Waals surface area contributed by atoms with Crippen LogP contribution in [0.4, 0.5) is 4.79 Å². The molecule has 0 aromatic heterocycles. The first kappa shape index (κ1) is 22.1. The second kappa shape index (κ2) is 10.5. The van der Waals surface area contributed by atoms with E-state index >= 15 is 0 Å². The number of benzene rings is 1. The first-order valence-corrected chi connectivity index (χ1v) is 11.7. The van der Waals surface area contributed by atoms with Crippen LogP contribution in [-0.4, -0.2) is 79.0 Å². The van der Waals surface area contributed by atoms with Gasteiger partial charge in [0.15, 0.2) is 0 Å². The quantitative estimate of drug-likeness (QED) is 0.728. The lowest BCUT2D eigenvalue weighted by Crippen LogP contribution is -2.68. The van der Waals surface area contributed by atoms with Gasteiger partial charge in [-0.25, -0.2) is 4.79 Å². The predicted octanol–water partition coefficient (Wildman–Crippen LogP) is 2.56. The molecule has 6 heteroatoms. The second-order valence-electron chi connectivity index (χ2n) is 9.02. The molecule has 2 saturated heterocycles. The lowest BCUT2D eigenvalue weighted by molar-refractivity contribution is -0.0591. The van der Waals surface area contributed by atoms with E-state index in [0.29, 0.717) is 12.6 Å². The highest BCUT2D eigenvalue weighted by molar-refractivity contribution is 5.74. The maximum atomic E-state index is 13.0. The molecule has 3 aliphatic rings. The minimum Gasteiger partial charge on any atom is -0.395 e. The van der Waals surface area contributed by atoms with Crippen molar-refractivity contribution in [3.8, 4) is 11.8 Å². The number of hydrogen-bond acceptors (Lipinski definition) is 4. The maximum Gasteiger partial charge on any atom is 0.317 e. The van der Waals surface area contributed by atoms with Crippen LogP contribution >= 0.6 is 0 Å². The highest BCUT2D eigenvalue weighted by atomic mass is 16.5. The molecule has 0 bridgehead atoms. The number of carbonyl (C=O) groups excluding carboxylic acids is 1. The summed E-state index contributed by atoms with van der Waals surface area (Å²) in [5.41, 5.74) is 2.18. The number of ether oxygens (including phenoxy) is 1. The third kappa shape index (κ3) is 5.06. The summed E-state index contributed by atoms with van der Waals surface area (Å²) in [6.45, 7) is 3.09. The largest absolute Gasteiger partial charge is 0.395 e. The predicted molar refractivity (Wildman–Crippen MR) is 121 cm³/mol. The Kier molecular flexibility index (Phi) is 7.49. The number of nitrogens with one attached hydrogen (secondary N) is 1. The molecule has 31 heavy (non-hydrogen) atoms. The fourth-order valence-electron chi connectivity index (χ4n) is 5.46. The van der Waals surface area contributed by atoms with Gasteiger partial charge < -0.3 is 20.1 Å². The first-order valence-electron chi connectivity index (χ1n) is 11.7. The van der Waals surface area contributed by atoms with E-state index in [1.807, 2.05) is 17.0 Å². The van der Waals surface area contributed by atoms with Crippen LogP contribution in [0.2, 0.25) is 0 Å². The molecule has 3 atom stereocenters. The normalized spacial score (nSPS) is 26.8. The Labute approximate surface area is 185 Å². The van der Waals surface area contributed by atoms with E-state index in [4.69, 9.17) is 4.74 Å². The Balaban J connectivity index is 1.47. The van der Waals surface area contributed by atoms with Crippen molar-refractivity contribution >= 4 is 6.03 Å². The Hall–Kier alpha value is -2.07. The van der Waals surface area contributed by atoms with Crippen LogP contribution in [0.3, 0.4) is 0 Å². The van der Waals surface area contributed by atoms with Crippen molar-refractivity contribution in [3.63, 3.8) is 0 Å². The second-order valence-corrected chi connectivity index (χ2v) is 9.02. The van der Waals surface area contributed by atoms with Crippen LogP contribution in [0.15, 0.2) is 24.3 Å². The molecular weight excluding hydrogens is 390 g/mol. The number of methoxy groups -OCH3 is 1. The molecule has 6 nitrogen and oxygen atoms in total. The number of aliphatic hydroxyl groups is 1. The molecule has 2 aliphatic heterocycles. The molecule has 0 radical (unpaired) electrons. The van der Waals surface area contributed by atoms with E-state index in [1.54, 1.807) is 7.11 Å². The summed E-state index contributed by atoms with van der Waals surface area (Å²) in [7, 11) is 1.64. The van der Waals surface area contributed by atoms with Gasteiger partial charge in [-0.1, -0.05) is 36.8 Å². The van der Waals surface area contributed by atoms with E-state index < -0.39 is 0 Å². The molecule has 4 rings (SSSR count). The monoisotopic (exact) mass is 425 g/mol. The zero-order valence-electron chi connectivity index (χ0n) is 18.6. The van der Waals surface area contributed by atoms with Crippen LogP contribution in [0.25, 0.3) is 0 Å². The highest BCUT2D eigenvalue weighted by Crippen LogP contribution is 2.42. The molecule has 3 fully saturated rings. The summed E-state index contributed by atoms with van der Waals surface area (Å²) in [6.07, 6.45) is 6.70. The van der Waals surface area contributed by atoms with Crippen molar-refractivity contribution in [2.24, 2.45) is 0 Å². The molecule has 1 saturated carbocycles. The van der Waals surface area contributed by atoms with Crippen molar-refractivity contribution in [1.29, 1.82) is 0 Å². The van der Waals surface area contributed by atoms with Gasteiger partial charge in [-0.05, 0) is 49.9 Å². The summed E-state index contributed by atoms with van der Waals surface area (Å²) >= 11 is 0. The van der Waals surface area contributed by atoms with Gasteiger partial charge in [0.05, 0.1) is 6.61 Å². The molecule has 1 aromatic carbocycles. The Morgan fingerprint density at radius 3 is 2.61 bits per heavy atom. The number of aliphatic hydroxyl groups excluding tert-OH is 1. The van der Waals surface area contributed by atoms with Crippen molar-refractivity contribution in [2.75, 3.05) is 40.0 Å². The van der Waals surface area contributed by atoms with E-state index in [0.717, 1.165) is 50.9 Å². The van der Waals surface area contributed by atoms with Crippen LogP contribution in [0, 0.1) is 11.8 Å². The minimum absolute atomic E-state index is 0.0868. The van der Waals surface area contributed by atoms with Crippen molar-refractivity contribution in [3.05, 3.63) is 35.4 Å². The molecular formula is C25H35N3O3. The van der Waals surface area contributed by atoms with Crippen molar-refractivity contribution in [1.82, 2.24) is 15.1 Å². The Morgan fingerprint density at radius 2 is 1.90 bits per heavy atom. The summed E-state index contributed by atoms with van der Waals surface area (Å²) in [5, 5.41) is 13.4. The zero-order chi connectivity index (χ0) is 21.6. The number of hydrogen-bond donors (Lipinski definition) is 2. The lowest BCUT2D eigenvalue weighted by Gasteiger charge is -2.57. The van der Waals surface area contributed by atoms with Gasteiger partial charge in [0.25, 0.3) is 0 Å². The average molecular weight is 426 g/mol. The number of amides is 2. The van der Waals surface area contributed by atoms with Gasteiger partial charge in [-0.2, -0.15) is 0 Å². The van der Waals surface area contributed by atoms with E-state index in [9.17, 15) is 9.90 Å². The van der Waals surface area contributed by atoms with Gasteiger partial charge in [0, 0.05) is 49.8 Å². The molecule has 2 heterocycles. The number of carbonyl (C=O) groups is 1. The lowest BCUT2D eigenvalue weighted by atomic mass is 9.74. The SMILES string of the molecule is COCC#Cc1ccc([C@H]2[C@@H](CO)N3CCCCN(C(=O)NC4CCCC4)C[C@@H]23)cc1. The molecule has 1 aliphatic carbocycles. The van der Waals surface area contributed by atoms with Crippen LogP contribution in [0.5, 0.6) is 0 Å². The van der Waals surface area contributed by atoms with Gasteiger partial charge >= 0.3 is 6.03 Å². The number of fused-ring (bicyclic) bond motifs is 1. The van der Waals surface area contributed by atoms with Gasteiger partial charge in [0.2, 0.25) is 0 Å². The number of nitrogens with zero attached hydrogens (tertiary/aromatic N) is 2. The Morgan fingerprint density at radius 1 is 1.16 bits per heavy atom. The maximum absolute atomic E-state index is 13.0. The standard InChI is InChI=1S/C25H35N3O3/c1-31-16-6-7-19-10-12-20(13-11-19)24-22-17-27(25(30)26-21-8-2-3-9-21)14-4-5-15-28(22)23(24)18-29/h10-13,21-24,29H,2-5,8-9,14-18H2,1H3,(H,26,30)/t22-,23+,24+/m0/s1. The fourth-order valence-corrected chi connectivity index (χ4v) is 5.46. The van der Waals surface area contributed by atoms with Crippen LogP contribution in [-0.2, 0) is 4.74 Å². The topological polar surface area (TPSA) is 65.0 Å². The summed E-state index contributed by atoms with van der Waals surface area (Å²) in [5.74, 6) is 6.32. The third-order valence-corrected chi connectivity index (χ3v) is 7.08. The highest BCUT2D eigenvalue weighted by Gasteiger charge is 2.49. The molecule has 0 spiro atoms. The van der Waals surface area contributed by atoms with Crippen molar-refractivity contribution in [2.45, 2.75) is 62.6 Å². The van der Waals surface area contributed by atoms with E-state index in [2.05, 4.69) is 34.2 Å². The number of urea groups is 1. The molecule has 0 unspecified atom stereocenters. The van der Waals surface area contributed by atoms with E-state index in [1.165, 1.54) is 18.4 Å². The Bertz CT molecular complexity index is 794. The molecule has 1 aromatic rings. The van der Waals surface area contributed by atoms with Gasteiger partial charge in [0.1, 0.15) is 6.61 Å². The third-order valence-electron chi connectivity index (χ3n) is 7.08. The van der Waals surface area contributed by atoms with E-state index in [-0.39, 0.29) is 30.6 Å². The van der Waals surface area contributed by atoms with Crippen molar-refractivity contribution < 1.29 is 14.6 Å². The molecule has 2 amide bonds. The summed E-state index contributed by atoms with van der Waals surface area (Å²) in [6, 6.07) is 9.13. The smallest absolute Gasteiger partial charge is 0.317 e. The minimum atomic E-state index is 0.0868. The summed E-state index contributed by atoms with van der Waals surface area (Å²) < 4.78 is 4.99. The molecule has 168 valence electrons. The molecule has 2 N–H and O–H groups in total.